The van der Waals surface area contributed by atoms with Crippen molar-refractivity contribution in [2.75, 3.05) is 6.54 Å². The van der Waals surface area contributed by atoms with E-state index in [4.69, 9.17) is 4.74 Å². The maximum Gasteiger partial charge on any atom is 0.141 e. The van der Waals surface area contributed by atoms with Crippen molar-refractivity contribution < 1.29 is 4.74 Å². The summed E-state index contributed by atoms with van der Waals surface area (Å²) in [6, 6.07) is 8.33. The third-order valence-electron chi connectivity index (χ3n) is 3.04. The van der Waals surface area contributed by atoms with Crippen LogP contribution in [0.2, 0.25) is 0 Å². The minimum Gasteiger partial charge on any atom is -0.486 e. The van der Waals surface area contributed by atoms with Crippen LogP contribution in [0.5, 0.6) is 5.75 Å². The third-order valence-corrected chi connectivity index (χ3v) is 4.10. The Hall–Kier alpha value is -1.39. The molecule has 0 aromatic carbocycles. The number of hydrogen-bond acceptors (Lipinski definition) is 4. The van der Waals surface area contributed by atoms with Crippen LogP contribution in [0.3, 0.4) is 0 Å². The van der Waals surface area contributed by atoms with Crippen molar-refractivity contribution in [2.45, 2.75) is 40.3 Å². The van der Waals surface area contributed by atoms with E-state index in [-0.39, 0.29) is 0 Å². The molecule has 2 aromatic rings. The second kappa shape index (κ2) is 7.41. The molecule has 0 saturated carbocycles. The summed E-state index contributed by atoms with van der Waals surface area (Å²) < 4.78 is 5.91. The van der Waals surface area contributed by atoms with Gasteiger partial charge in [-0.15, -0.1) is 11.3 Å². The van der Waals surface area contributed by atoms with E-state index >= 15 is 0 Å². The van der Waals surface area contributed by atoms with Crippen LogP contribution in [0.1, 0.15) is 35.0 Å². The maximum atomic E-state index is 5.91. The van der Waals surface area contributed by atoms with Gasteiger partial charge in [-0.1, -0.05) is 13.8 Å². The first-order valence-corrected chi connectivity index (χ1v) is 7.92. The molecule has 1 N–H and O–H groups in total. The molecule has 0 spiro atoms. The van der Waals surface area contributed by atoms with Crippen LogP contribution in [-0.4, -0.2) is 11.5 Å². The topological polar surface area (TPSA) is 34.1 Å². The fraction of sp³-hybridized carbons (Fsp3) is 0.438. The first-order chi connectivity index (χ1) is 9.72. The Morgan fingerprint density at radius 2 is 1.95 bits per heavy atom. The Kier molecular flexibility index (Phi) is 5.56. The van der Waals surface area contributed by atoms with Gasteiger partial charge in [-0.05, 0) is 44.2 Å². The van der Waals surface area contributed by atoms with Crippen LogP contribution < -0.4 is 10.1 Å². The first kappa shape index (κ1) is 15.0. The monoisotopic (exact) mass is 290 g/mol. The molecule has 2 aromatic heterocycles. The van der Waals surface area contributed by atoms with Crippen molar-refractivity contribution in [1.29, 1.82) is 0 Å². The van der Waals surface area contributed by atoms with E-state index in [9.17, 15) is 0 Å². The van der Waals surface area contributed by atoms with Crippen molar-refractivity contribution in [3.8, 4) is 5.75 Å². The van der Waals surface area contributed by atoms with E-state index in [0.29, 0.717) is 6.61 Å². The molecule has 0 atom stereocenters. The molecule has 108 valence electrons. The van der Waals surface area contributed by atoms with Crippen LogP contribution in [0.25, 0.3) is 0 Å². The number of nitrogens with zero attached hydrogens (tertiary/aromatic N) is 1. The van der Waals surface area contributed by atoms with E-state index < -0.39 is 0 Å². The highest BCUT2D eigenvalue weighted by atomic mass is 32.1. The minimum absolute atomic E-state index is 0.620. The summed E-state index contributed by atoms with van der Waals surface area (Å²) in [5, 5.41) is 3.34. The standard InChI is InChI=1S/C16H22N2OS/c1-4-15-16(9-6-12(3)18-15)19-11-14-8-7-13(20-14)10-17-5-2/h6-9,17H,4-5,10-11H2,1-3H3. The molecule has 0 saturated heterocycles. The van der Waals surface area contributed by atoms with Gasteiger partial charge in [0.2, 0.25) is 0 Å². The van der Waals surface area contributed by atoms with Gasteiger partial charge in [0.15, 0.2) is 0 Å². The second-order valence-corrected chi connectivity index (χ2v) is 5.94. The Morgan fingerprint density at radius 1 is 1.15 bits per heavy atom. The summed E-state index contributed by atoms with van der Waals surface area (Å²) in [5.41, 5.74) is 2.08. The summed E-state index contributed by atoms with van der Waals surface area (Å²) in [5.74, 6) is 0.903. The largest absolute Gasteiger partial charge is 0.486 e. The van der Waals surface area contributed by atoms with Gasteiger partial charge in [-0.2, -0.15) is 0 Å². The van der Waals surface area contributed by atoms with E-state index in [1.807, 2.05) is 19.1 Å². The molecule has 4 heteroatoms. The predicted molar refractivity (Wildman–Crippen MR) is 84.4 cm³/mol. The molecule has 0 unspecified atom stereocenters. The highest BCUT2D eigenvalue weighted by Crippen LogP contribution is 2.22. The highest BCUT2D eigenvalue weighted by molar-refractivity contribution is 7.11. The average Bonchev–Trinajstić information content (AvgIpc) is 2.91. The van der Waals surface area contributed by atoms with Gasteiger partial charge in [-0.25, -0.2) is 0 Å². The number of ether oxygens (including phenoxy) is 1. The molecule has 20 heavy (non-hydrogen) atoms. The van der Waals surface area contributed by atoms with E-state index in [1.165, 1.54) is 9.75 Å². The fourth-order valence-corrected chi connectivity index (χ4v) is 2.88. The summed E-state index contributed by atoms with van der Waals surface area (Å²) in [6.07, 6.45) is 0.896. The van der Waals surface area contributed by atoms with Gasteiger partial charge < -0.3 is 10.1 Å². The molecule has 2 heterocycles. The predicted octanol–water partition coefficient (Wildman–Crippen LogP) is 3.70. The number of hydrogen-bond donors (Lipinski definition) is 1. The quantitative estimate of drug-likeness (QED) is 0.844. The molecule has 0 bridgehead atoms. The van der Waals surface area contributed by atoms with Gasteiger partial charge in [-0.3, -0.25) is 4.98 Å². The van der Waals surface area contributed by atoms with Crippen molar-refractivity contribution >= 4 is 11.3 Å². The fourth-order valence-electron chi connectivity index (χ4n) is 1.97. The number of thiophene rings is 1. The van der Waals surface area contributed by atoms with Crippen molar-refractivity contribution in [1.82, 2.24) is 10.3 Å². The Bertz CT molecular complexity index is 551. The van der Waals surface area contributed by atoms with E-state index in [1.54, 1.807) is 11.3 Å². The summed E-state index contributed by atoms with van der Waals surface area (Å²) >= 11 is 1.80. The Balaban J connectivity index is 1.96. The second-order valence-electron chi connectivity index (χ2n) is 4.69. The minimum atomic E-state index is 0.620. The van der Waals surface area contributed by atoms with Crippen LogP contribution in [-0.2, 0) is 19.6 Å². The Morgan fingerprint density at radius 3 is 2.70 bits per heavy atom. The smallest absolute Gasteiger partial charge is 0.141 e. The van der Waals surface area contributed by atoms with Gasteiger partial charge >= 0.3 is 0 Å². The number of aromatic nitrogens is 1. The average molecular weight is 290 g/mol. The molecular formula is C16H22N2OS. The van der Waals surface area contributed by atoms with E-state index in [2.05, 4.69) is 36.3 Å². The molecule has 2 rings (SSSR count). The highest BCUT2D eigenvalue weighted by Gasteiger charge is 2.06. The number of pyridine rings is 1. The van der Waals surface area contributed by atoms with E-state index in [0.717, 1.165) is 36.6 Å². The lowest BCUT2D eigenvalue weighted by Gasteiger charge is -2.09. The molecule has 0 aliphatic heterocycles. The van der Waals surface area contributed by atoms with Crippen molar-refractivity contribution in [3.05, 3.63) is 45.4 Å². The molecule has 0 fully saturated rings. The lowest BCUT2D eigenvalue weighted by atomic mass is 10.2. The normalized spacial score (nSPS) is 10.8. The SMILES string of the molecule is CCNCc1ccc(COc2ccc(C)nc2CC)s1. The maximum absolute atomic E-state index is 5.91. The Labute approximate surface area is 125 Å². The van der Waals surface area contributed by atoms with Crippen LogP contribution >= 0.6 is 11.3 Å². The van der Waals surface area contributed by atoms with Gasteiger partial charge in [0.25, 0.3) is 0 Å². The number of nitrogens with one attached hydrogen (secondary N) is 1. The summed E-state index contributed by atoms with van der Waals surface area (Å²) in [7, 11) is 0. The molecule has 0 aliphatic carbocycles. The van der Waals surface area contributed by atoms with Gasteiger partial charge in [0.1, 0.15) is 12.4 Å². The number of aryl methyl sites for hydroxylation is 2. The molecular weight excluding hydrogens is 268 g/mol. The summed E-state index contributed by atoms with van der Waals surface area (Å²) in [4.78, 5) is 7.12. The van der Waals surface area contributed by atoms with Crippen LogP contribution in [0.15, 0.2) is 24.3 Å². The lowest BCUT2D eigenvalue weighted by molar-refractivity contribution is 0.305. The summed E-state index contributed by atoms with van der Waals surface area (Å²) in [6.45, 7) is 8.79. The zero-order valence-electron chi connectivity index (χ0n) is 12.4. The van der Waals surface area contributed by atoms with Gasteiger partial charge in [0.05, 0.1) is 5.69 Å². The molecule has 0 radical (unpaired) electrons. The van der Waals surface area contributed by atoms with Crippen LogP contribution in [0.4, 0.5) is 0 Å². The molecule has 3 nitrogen and oxygen atoms in total. The molecule has 0 aliphatic rings. The van der Waals surface area contributed by atoms with Gasteiger partial charge in [0, 0.05) is 22.0 Å². The number of rotatable bonds is 7. The zero-order chi connectivity index (χ0) is 14.4. The van der Waals surface area contributed by atoms with Crippen molar-refractivity contribution in [3.63, 3.8) is 0 Å². The van der Waals surface area contributed by atoms with Crippen LogP contribution in [0, 0.1) is 6.92 Å². The molecule has 0 amide bonds. The zero-order valence-corrected chi connectivity index (χ0v) is 13.2. The third kappa shape index (κ3) is 4.05. The lowest BCUT2D eigenvalue weighted by Crippen LogP contribution is -2.10. The van der Waals surface area contributed by atoms with Crippen molar-refractivity contribution in [2.24, 2.45) is 0 Å². The first-order valence-electron chi connectivity index (χ1n) is 7.10.